The number of ether oxygens (including phenoxy) is 4. The molecular formula is C28H29BrN2O7. The van der Waals surface area contributed by atoms with Crippen molar-refractivity contribution >= 4 is 50.5 Å². The molecule has 2 aromatic heterocycles. The van der Waals surface area contributed by atoms with Crippen molar-refractivity contribution in [1.82, 2.24) is 4.98 Å². The van der Waals surface area contributed by atoms with Crippen molar-refractivity contribution in [3.05, 3.63) is 53.9 Å². The molecule has 1 fully saturated rings. The maximum absolute atomic E-state index is 12.1. The molecule has 1 aliphatic heterocycles. The number of rotatable bonds is 4. The van der Waals surface area contributed by atoms with Gasteiger partial charge in [-0.3, -0.25) is 14.4 Å². The molecule has 4 atom stereocenters. The lowest BCUT2D eigenvalue weighted by Gasteiger charge is -2.37. The number of pyridine rings is 1. The first-order chi connectivity index (χ1) is 17.7. The van der Waals surface area contributed by atoms with Gasteiger partial charge in [0.2, 0.25) is 6.10 Å². The number of para-hydroxylation sites is 1. The summed E-state index contributed by atoms with van der Waals surface area (Å²) in [5.74, 6) is -1.72. The molecule has 0 saturated carbocycles. The van der Waals surface area contributed by atoms with E-state index in [-0.39, 0.29) is 23.6 Å². The predicted molar refractivity (Wildman–Crippen MR) is 135 cm³/mol. The third-order valence-electron chi connectivity index (χ3n) is 6.86. The van der Waals surface area contributed by atoms with Crippen LogP contribution in [0.25, 0.3) is 32.6 Å². The number of halogens is 1. The summed E-state index contributed by atoms with van der Waals surface area (Å²) in [6.45, 7) is 7.91. The van der Waals surface area contributed by atoms with Crippen molar-refractivity contribution in [2.24, 2.45) is 0 Å². The average molecular weight is 585 g/mol. The first kappa shape index (κ1) is 27.5. The summed E-state index contributed by atoms with van der Waals surface area (Å²) in [6.07, 6.45) is -0.00890. The first-order valence-corrected chi connectivity index (χ1v) is 12.1. The number of hydrogen-bond donors (Lipinski definition) is 1. The number of aromatic amines is 1. The van der Waals surface area contributed by atoms with Crippen molar-refractivity contribution in [2.45, 2.75) is 59.2 Å². The Hall–Kier alpha value is -3.50. The number of nitrogens with zero attached hydrogens (tertiary/aromatic N) is 1. The van der Waals surface area contributed by atoms with Crippen molar-refractivity contribution in [2.75, 3.05) is 6.61 Å². The number of H-pyrrole nitrogens is 1. The molecule has 0 unspecified atom stereocenters. The van der Waals surface area contributed by atoms with Crippen molar-refractivity contribution in [3.63, 3.8) is 0 Å². The highest BCUT2D eigenvalue weighted by atomic mass is 79.9. The maximum atomic E-state index is 12.1. The number of aromatic nitrogens is 2. The van der Waals surface area contributed by atoms with Gasteiger partial charge in [0.15, 0.2) is 24.6 Å². The second-order valence-electron chi connectivity index (χ2n) is 9.41. The van der Waals surface area contributed by atoms with Gasteiger partial charge in [-0.05, 0) is 36.4 Å². The summed E-state index contributed by atoms with van der Waals surface area (Å²) in [6, 6.07) is 10.2. The Morgan fingerprint density at radius 2 is 1.53 bits per heavy atom. The van der Waals surface area contributed by atoms with E-state index in [0.717, 1.165) is 43.7 Å². The minimum absolute atomic E-state index is 0. The van der Waals surface area contributed by atoms with Gasteiger partial charge in [0.1, 0.15) is 0 Å². The van der Waals surface area contributed by atoms with Crippen LogP contribution in [-0.2, 0) is 33.3 Å². The van der Waals surface area contributed by atoms with Gasteiger partial charge < -0.3 is 40.9 Å². The summed E-state index contributed by atoms with van der Waals surface area (Å²) < 4.78 is 24.3. The quantitative estimate of drug-likeness (QED) is 0.214. The standard InChI is InChI=1S/C28H28N2O7.BrH/c1-14-21-12-30(11-10-19(21)15(2)25-24(14)20-8-6-7-9-22(20)29-25)28-27(37-18(5)33)26(36-17(4)32)23(13-34-28)35-16(3)31;/h6-12,23,26-28H,13H2,1-5H3;1H/t23-,26-,27+,28-;/m0./s1. The Kier molecular flexibility index (Phi) is 7.75. The SMILES string of the molecule is CC(=O)O[C@@H]1[C@@H](OC(C)=O)[C@@H]([n+]2ccc3c(C)c4[nH]c5ccccc5c4c(C)c3c2)OC[C@@H]1OC(C)=O.[Br-]. The van der Waals surface area contributed by atoms with Gasteiger partial charge in [0, 0.05) is 48.5 Å². The fourth-order valence-electron chi connectivity index (χ4n) is 5.36. The molecule has 200 valence electrons. The van der Waals surface area contributed by atoms with E-state index in [4.69, 9.17) is 18.9 Å². The molecule has 4 aromatic rings. The summed E-state index contributed by atoms with van der Waals surface area (Å²) in [5.41, 5.74) is 4.37. The number of nitrogens with one attached hydrogen (secondary N) is 1. The molecule has 0 amide bonds. The van der Waals surface area contributed by atoms with Gasteiger partial charge >= 0.3 is 24.1 Å². The van der Waals surface area contributed by atoms with E-state index in [1.54, 1.807) is 0 Å². The Balaban J connectivity index is 0.00000336. The highest BCUT2D eigenvalue weighted by Gasteiger charge is 2.51. The first-order valence-electron chi connectivity index (χ1n) is 12.1. The normalized spacial score (nSPS) is 21.2. The Morgan fingerprint density at radius 3 is 2.21 bits per heavy atom. The van der Waals surface area contributed by atoms with Crippen LogP contribution in [0.2, 0.25) is 0 Å². The number of esters is 3. The molecule has 38 heavy (non-hydrogen) atoms. The smallest absolute Gasteiger partial charge is 0.304 e. The van der Waals surface area contributed by atoms with Gasteiger partial charge in [-0.2, -0.15) is 4.57 Å². The number of aryl methyl sites for hydroxylation is 2. The molecule has 0 spiro atoms. The van der Waals surface area contributed by atoms with E-state index in [1.165, 1.54) is 20.8 Å². The topological polar surface area (TPSA) is 108 Å². The molecule has 2 aromatic carbocycles. The molecule has 1 saturated heterocycles. The molecule has 10 heteroatoms. The van der Waals surface area contributed by atoms with Crippen LogP contribution in [0.3, 0.4) is 0 Å². The van der Waals surface area contributed by atoms with Gasteiger partial charge in [0.05, 0.1) is 12.1 Å². The van der Waals surface area contributed by atoms with E-state index < -0.39 is 42.4 Å². The van der Waals surface area contributed by atoms with E-state index in [0.29, 0.717) is 0 Å². The minimum atomic E-state index is -1.04. The fraction of sp³-hybridized carbons (Fsp3) is 0.357. The third kappa shape index (κ3) is 4.86. The largest absolute Gasteiger partial charge is 1.00 e. The van der Waals surface area contributed by atoms with E-state index in [9.17, 15) is 14.4 Å². The Bertz CT molecular complexity index is 1560. The summed E-state index contributed by atoms with van der Waals surface area (Å²) >= 11 is 0. The monoisotopic (exact) mass is 584 g/mol. The summed E-state index contributed by atoms with van der Waals surface area (Å²) in [4.78, 5) is 39.2. The second kappa shape index (κ2) is 10.7. The van der Waals surface area contributed by atoms with Gasteiger partial charge in [0.25, 0.3) is 0 Å². The van der Waals surface area contributed by atoms with Crippen LogP contribution in [0.15, 0.2) is 42.7 Å². The number of fused-ring (bicyclic) bond motifs is 4. The Labute approximate surface area is 229 Å². The number of benzene rings is 2. The van der Waals surface area contributed by atoms with Crippen LogP contribution in [0, 0.1) is 13.8 Å². The molecule has 0 aliphatic carbocycles. The lowest BCUT2D eigenvalue weighted by molar-refractivity contribution is -0.773. The van der Waals surface area contributed by atoms with Crippen LogP contribution >= 0.6 is 0 Å². The van der Waals surface area contributed by atoms with Crippen LogP contribution in [0.4, 0.5) is 0 Å². The van der Waals surface area contributed by atoms with Crippen LogP contribution in [0.1, 0.15) is 38.1 Å². The molecule has 1 N–H and O–H groups in total. The lowest BCUT2D eigenvalue weighted by atomic mass is 9.96. The molecule has 3 heterocycles. The Morgan fingerprint density at radius 1 is 0.868 bits per heavy atom. The van der Waals surface area contributed by atoms with Crippen molar-refractivity contribution in [3.8, 4) is 0 Å². The van der Waals surface area contributed by atoms with Crippen LogP contribution in [0.5, 0.6) is 0 Å². The predicted octanol–water partition coefficient (Wildman–Crippen LogP) is 0.707. The van der Waals surface area contributed by atoms with Crippen LogP contribution < -0.4 is 21.5 Å². The number of carbonyl (C=O) groups excluding carboxylic acids is 3. The molecule has 1 aliphatic rings. The zero-order valence-corrected chi connectivity index (χ0v) is 23.3. The van der Waals surface area contributed by atoms with Gasteiger partial charge in [-0.15, -0.1) is 0 Å². The van der Waals surface area contributed by atoms with E-state index in [1.807, 2.05) is 35.2 Å². The summed E-state index contributed by atoms with van der Waals surface area (Å²) in [5, 5.41) is 4.36. The lowest BCUT2D eigenvalue weighted by Crippen LogP contribution is -3.00. The van der Waals surface area contributed by atoms with Gasteiger partial charge in [-0.25, -0.2) is 0 Å². The second-order valence-corrected chi connectivity index (χ2v) is 9.41. The van der Waals surface area contributed by atoms with Crippen molar-refractivity contribution < 1.29 is 54.9 Å². The van der Waals surface area contributed by atoms with Crippen LogP contribution in [-0.4, -0.2) is 47.8 Å². The number of carbonyl (C=O) groups is 3. The zero-order valence-electron chi connectivity index (χ0n) is 21.7. The number of hydrogen-bond acceptors (Lipinski definition) is 7. The van der Waals surface area contributed by atoms with E-state index in [2.05, 4.69) is 31.0 Å². The summed E-state index contributed by atoms with van der Waals surface area (Å²) in [7, 11) is 0. The fourth-order valence-corrected chi connectivity index (χ4v) is 5.36. The highest BCUT2D eigenvalue weighted by molar-refractivity contribution is 6.16. The average Bonchev–Trinajstić information content (AvgIpc) is 3.24. The molecule has 5 rings (SSSR count). The minimum Gasteiger partial charge on any atom is -1.00 e. The van der Waals surface area contributed by atoms with E-state index >= 15 is 0 Å². The zero-order chi connectivity index (χ0) is 26.4. The molecule has 0 bridgehead atoms. The molecule has 0 radical (unpaired) electrons. The third-order valence-corrected chi connectivity index (χ3v) is 6.86. The van der Waals surface area contributed by atoms with Gasteiger partial charge in [-0.1, -0.05) is 18.2 Å². The molecule has 9 nitrogen and oxygen atoms in total. The molecular weight excluding hydrogens is 556 g/mol. The maximum Gasteiger partial charge on any atom is 0.304 e. The van der Waals surface area contributed by atoms with Crippen molar-refractivity contribution in [1.29, 1.82) is 0 Å². The highest BCUT2D eigenvalue weighted by Crippen LogP contribution is 2.36.